The molecular formula is C19H20N2O4. The summed E-state index contributed by atoms with van der Waals surface area (Å²) in [7, 11) is 1.63. The molecule has 0 aliphatic carbocycles. The summed E-state index contributed by atoms with van der Waals surface area (Å²) in [5.41, 5.74) is 2.73. The maximum Gasteiger partial charge on any atom is 0.143 e. The van der Waals surface area contributed by atoms with E-state index in [1.807, 2.05) is 53.1 Å². The molecule has 0 radical (unpaired) electrons. The zero-order chi connectivity index (χ0) is 17.4. The standard InChI is InChI=1S/C19H20N2O4/c1-24-13-8-6-12(7-9-13)19-20-14-4-2-3-5-15(14)21(19)18-10-16(23)17(11-22)25-18/h2-9,16-18,22-23H,10-11H2,1H3/t16-,17+,18-/m0/s1. The molecule has 6 nitrogen and oxygen atoms in total. The van der Waals surface area contributed by atoms with E-state index in [1.165, 1.54) is 0 Å². The second-order valence-corrected chi connectivity index (χ2v) is 6.14. The van der Waals surface area contributed by atoms with Gasteiger partial charge in [-0.05, 0) is 36.4 Å². The smallest absolute Gasteiger partial charge is 0.143 e. The summed E-state index contributed by atoms with van der Waals surface area (Å²) in [6.07, 6.45) is -1.24. The Morgan fingerprint density at radius 2 is 1.96 bits per heavy atom. The number of fused-ring (bicyclic) bond motifs is 1. The van der Waals surface area contributed by atoms with Crippen molar-refractivity contribution in [1.29, 1.82) is 0 Å². The molecule has 1 aromatic heterocycles. The zero-order valence-electron chi connectivity index (χ0n) is 13.9. The van der Waals surface area contributed by atoms with Gasteiger partial charge >= 0.3 is 0 Å². The lowest BCUT2D eigenvalue weighted by atomic mass is 10.1. The van der Waals surface area contributed by atoms with Crippen molar-refractivity contribution in [3.63, 3.8) is 0 Å². The van der Waals surface area contributed by atoms with Crippen LogP contribution in [0, 0.1) is 0 Å². The van der Waals surface area contributed by atoms with Gasteiger partial charge in [0.15, 0.2) is 0 Å². The van der Waals surface area contributed by atoms with Gasteiger partial charge in [-0.1, -0.05) is 12.1 Å². The molecule has 0 saturated carbocycles. The van der Waals surface area contributed by atoms with Gasteiger partial charge in [0.2, 0.25) is 0 Å². The number of aliphatic hydroxyl groups excluding tert-OH is 2. The first-order chi connectivity index (χ1) is 12.2. The molecule has 25 heavy (non-hydrogen) atoms. The molecule has 1 aliphatic rings. The number of rotatable bonds is 4. The minimum atomic E-state index is -0.695. The van der Waals surface area contributed by atoms with E-state index in [0.29, 0.717) is 6.42 Å². The Morgan fingerprint density at radius 1 is 1.20 bits per heavy atom. The van der Waals surface area contributed by atoms with Crippen LogP contribution in [0.3, 0.4) is 0 Å². The van der Waals surface area contributed by atoms with Crippen LogP contribution in [0.2, 0.25) is 0 Å². The van der Waals surface area contributed by atoms with Gasteiger partial charge < -0.3 is 19.7 Å². The summed E-state index contributed by atoms with van der Waals surface area (Å²) in [4.78, 5) is 4.76. The fourth-order valence-electron chi connectivity index (χ4n) is 3.32. The molecule has 1 fully saturated rings. The second-order valence-electron chi connectivity index (χ2n) is 6.14. The Bertz CT molecular complexity index is 875. The van der Waals surface area contributed by atoms with Crippen LogP contribution in [0.1, 0.15) is 12.6 Å². The molecular weight excluding hydrogens is 320 g/mol. The van der Waals surface area contributed by atoms with E-state index in [-0.39, 0.29) is 12.8 Å². The van der Waals surface area contributed by atoms with Crippen molar-refractivity contribution in [2.24, 2.45) is 0 Å². The third-order valence-corrected chi connectivity index (χ3v) is 4.62. The maximum absolute atomic E-state index is 10.1. The van der Waals surface area contributed by atoms with Crippen LogP contribution in [0.4, 0.5) is 0 Å². The van der Waals surface area contributed by atoms with E-state index < -0.39 is 12.2 Å². The van der Waals surface area contributed by atoms with Crippen LogP contribution in [0.15, 0.2) is 48.5 Å². The van der Waals surface area contributed by atoms with Crippen LogP contribution < -0.4 is 4.74 Å². The molecule has 3 atom stereocenters. The lowest BCUT2D eigenvalue weighted by molar-refractivity contribution is -0.0425. The fourth-order valence-corrected chi connectivity index (χ4v) is 3.32. The third-order valence-electron chi connectivity index (χ3n) is 4.62. The van der Waals surface area contributed by atoms with Crippen LogP contribution in [0.25, 0.3) is 22.4 Å². The second kappa shape index (κ2) is 6.48. The van der Waals surface area contributed by atoms with E-state index in [9.17, 15) is 10.2 Å². The molecule has 0 unspecified atom stereocenters. The SMILES string of the molecule is COc1ccc(-c2nc3ccccc3n2[C@@H]2C[C@H](O)[C@@H](CO)O2)cc1. The van der Waals surface area contributed by atoms with Crippen molar-refractivity contribution in [2.45, 2.75) is 24.9 Å². The van der Waals surface area contributed by atoms with Crippen molar-refractivity contribution < 1.29 is 19.7 Å². The molecule has 1 aliphatic heterocycles. The highest BCUT2D eigenvalue weighted by molar-refractivity contribution is 5.80. The normalized spacial score (nSPS) is 23.2. The average Bonchev–Trinajstić information content (AvgIpc) is 3.21. The average molecular weight is 340 g/mol. The van der Waals surface area contributed by atoms with Gasteiger partial charge in [-0.25, -0.2) is 4.98 Å². The first-order valence-electron chi connectivity index (χ1n) is 8.27. The lowest BCUT2D eigenvalue weighted by Crippen LogP contribution is -2.24. The van der Waals surface area contributed by atoms with Gasteiger partial charge in [0.05, 0.1) is 30.9 Å². The minimum absolute atomic E-state index is 0.206. The Labute approximate surface area is 145 Å². The van der Waals surface area contributed by atoms with Gasteiger partial charge in [-0.3, -0.25) is 4.57 Å². The highest BCUT2D eigenvalue weighted by Crippen LogP contribution is 2.36. The molecule has 0 amide bonds. The highest BCUT2D eigenvalue weighted by Gasteiger charge is 2.36. The highest BCUT2D eigenvalue weighted by atomic mass is 16.5. The van der Waals surface area contributed by atoms with Crippen LogP contribution in [-0.4, -0.2) is 45.7 Å². The number of nitrogens with zero attached hydrogens (tertiary/aromatic N) is 2. The molecule has 0 spiro atoms. The van der Waals surface area contributed by atoms with Crippen molar-refractivity contribution in [3.8, 4) is 17.1 Å². The van der Waals surface area contributed by atoms with Crippen molar-refractivity contribution in [2.75, 3.05) is 13.7 Å². The quantitative estimate of drug-likeness (QED) is 0.762. The molecule has 4 rings (SSSR count). The summed E-state index contributed by atoms with van der Waals surface area (Å²) in [6, 6.07) is 15.5. The minimum Gasteiger partial charge on any atom is -0.497 e. The van der Waals surface area contributed by atoms with E-state index in [1.54, 1.807) is 7.11 Å². The molecule has 3 aromatic rings. The number of hydrogen-bond acceptors (Lipinski definition) is 5. The summed E-state index contributed by atoms with van der Waals surface area (Å²) in [5.74, 6) is 1.54. The van der Waals surface area contributed by atoms with Crippen molar-refractivity contribution in [1.82, 2.24) is 9.55 Å². The number of hydrogen-bond donors (Lipinski definition) is 2. The van der Waals surface area contributed by atoms with Crippen LogP contribution in [-0.2, 0) is 4.74 Å². The van der Waals surface area contributed by atoms with Gasteiger partial charge in [0.25, 0.3) is 0 Å². The third kappa shape index (κ3) is 2.78. The summed E-state index contributed by atoms with van der Waals surface area (Å²) in [6.45, 7) is -0.206. The van der Waals surface area contributed by atoms with Crippen molar-refractivity contribution in [3.05, 3.63) is 48.5 Å². The van der Waals surface area contributed by atoms with Gasteiger partial charge in [0.1, 0.15) is 23.9 Å². The van der Waals surface area contributed by atoms with Gasteiger partial charge in [-0.15, -0.1) is 0 Å². The van der Waals surface area contributed by atoms with E-state index >= 15 is 0 Å². The first-order valence-corrected chi connectivity index (χ1v) is 8.27. The molecule has 6 heteroatoms. The van der Waals surface area contributed by atoms with Crippen LogP contribution >= 0.6 is 0 Å². The summed E-state index contributed by atoms with van der Waals surface area (Å²) < 4.78 is 13.1. The largest absolute Gasteiger partial charge is 0.497 e. The molecule has 2 N–H and O–H groups in total. The Kier molecular flexibility index (Phi) is 4.17. The lowest BCUT2D eigenvalue weighted by Gasteiger charge is -2.17. The predicted octanol–water partition coefficient (Wildman–Crippen LogP) is 2.35. The Morgan fingerprint density at radius 3 is 2.64 bits per heavy atom. The number of aromatic nitrogens is 2. The molecule has 2 heterocycles. The topological polar surface area (TPSA) is 76.7 Å². The first kappa shape index (κ1) is 16.1. The molecule has 130 valence electrons. The monoisotopic (exact) mass is 340 g/mol. The number of aliphatic hydroxyl groups is 2. The summed E-state index contributed by atoms with van der Waals surface area (Å²) in [5, 5.41) is 19.5. The van der Waals surface area contributed by atoms with E-state index in [4.69, 9.17) is 14.5 Å². The number of benzene rings is 2. The van der Waals surface area contributed by atoms with E-state index in [0.717, 1.165) is 28.2 Å². The number of para-hydroxylation sites is 2. The number of imidazole rings is 1. The van der Waals surface area contributed by atoms with Gasteiger partial charge in [0, 0.05) is 12.0 Å². The van der Waals surface area contributed by atoms with Gasteiger partial charge in [-0.2, -0.15) is 0 Å². The van der Waals surface area contributed by atoms with E-state index in [2.05, 4.69) is 0 Å². The maximum atomic E-state index is 10.1. The Balaban J connectivity index is 1.83. The molecule has 0 bridgehead atoms. The van der Waals surface area contributed by atoms with Crippen molar-refractivity contribution >= 4 is 11.0 Å². The zero-order valence-corrected chi connectivity index (χ0v) is 13.9. The fraction of sp³-hybridized carbons (Fsp3) is 0.316. The molecule has 1 saturated heterocycles. The van der Waals surface area contributed by atoms with Crippen LogP contribution in [0.5, 0.6) is 5.75 Å². The Hall–Kier alpha value is -2.41. The molecule has 2 aromatic carbocycles. The summed E-state index contributed by atoms with van der Waals surface area (Å²) >= 11 is 0. The predicted molar refractivity (Wildman–Crippen MR) is 93.3 cm³/mol. The number of methoxy groups -OCH3 is 1. The number of ether oxygens (including phenoxy) is 2.